The number of fused-ring (bicyclic) bond motifs is 1. The lowest BCUT2D eigenvalue weighted by Crippen LogP contribution is -2.35. The summed E-state index contributed by atoms with van der Waals surface area (Å²) >= 11 is 1.52. The molecule has 0 bridgehead atoms. The van der Waals surface area contributed by atoms with Crippen LogP contribution in [0.5, 0.6) is 0 Å². The molecule has 1 aliphatic heterocycles. The molecule has 6 nitrogen and oxygen atoms in total. The van der Waals surface area contributed by atoms with Gasteiger partial charge in [0.15, 0.2) is 0 Å². The molecule has 0 atom stereocenters. The van der Waals surface area contributed by atoms with Crippen LogP contribution in [0.1, 0.15) is 56.5 Å². The number of ether oxygens (including phenoxy) is 2. The molecule has 1 fully saturated rings. The molecular weight excluding hydrogens is 400 g/mol. The molecule has 1 amide bonds. The van der Waals surface area contributed by atoms with Gasteiger partial charge >= 0.3 is 5.97 Å². The fourth-order valence-electron chi connectivity index (χ4n) is 4.08. The fourth-order valence-corrected chi connectivity index (χ4v) is 5.35. The Hall–Kier alpha value is -2.22. The maximum absolute atomic E-state index is 13.0. The molecule has 1 saturated heterocycles. The van der Waals surface area contributed by atoms with Crippen LogP contribution in [0.3, 0.4) is 0 Å². The van der Waals surface area contributed by atoms with Crippen LogP contribution in [0, 0.1) is 0 Å². The van der Waals surface area contributed by atoms with Crippen LogP contribution in [0.4, 0.5) is 5.00 Å². The van der Waals surface area contributed by atoms with Crippen molar-refractivity contribution >= 4 is 28.2 Å². The number of anilines is 1. The SMILES string of the molecule is CCOC(=O)c1c(NC(=O)c2cccc(CN3CCOCC3)c2)sc2c1CCCC2. The average Bonchev–Trinajstić information content (AvgIpc) is 3.12. The number of carbonyl (C=O) groups is 2. The third-order valence-corrected chi connectivity index (χ3v) is 6.78. The number of thiophene rings is 1. The first-order chi connectivity index (χ1) is 14.7. The van der Waals surface area contributed by atoms with Crippen molar-refractivity contribution in [2.75, 3.05) is 38.2 Å². The van der Waals surface area contributed by atoms with Crippen molar-refractivity contribution in [3.05, 3.63) is 51.4 Å². The lowest BCUT2D eigenvalue weighted by atomic mass is 9.95. The maximum Gasteiger partial charge on any atom is 0.341 e. The summed E-state index contributed by atoms with van der Waals surface area (Å²) in [5, 5.41) is 3.61. The monoisotopic (exact) mass is 428 g/mol. The van der Waals surface area contributed by atoms with Crippen molar-refractivity contribution < 1.29 is 19.1 Å². The number of morpholine rings is 1. The molecule has 30 heavy (non-hydrogen) atoms. The molecule has 0 spiro atoms. The molecule has 160 valence electrons. The number of benzene rings is 1. The minimum Gasteiger partial charge on any atom is -0.462 e. The Morgan fingerprint density at radius 3 is 2.80 bits per heavy atom. The molecule has 1 aliphatic carbocycles. The third-order valence-electron chi connectivity index (χ3n) is 5.58. The van der Waals surface area contributed by atoms with Crippen molar-refractivity contribution in [3.63, 3.8) is 0 Å². The van der Waals surface area contributed by atoms with Gasteiger partial charge in [0.05, 0.1) is 25.4 Å². The van der Waals surface area contributed by atoms with E-state index in [0.29, 0.717) is 22.7 Å². The van der Waals surface area contributed by atoms with E-state index >= 15 is 0 Å². The molecular formula is C23H28N2O4S. The smallest absolute Gasteiger partial charge is 0.341 e. The van der Waals surface area contributed by atoms with E-state index < -0.39 is 0 Å². The van der Waals surface area contributed by atoms with E-state index in [1.807, 2.05) is 24.3 Å². The van der Waals surface area contributed by atoms with Gasteiger partial charge in [0.2, 0.25) is 0 Å². The van der Waals surface area contributed by atoms with Crippen LogP contribution in [-0.4, -0.2) is 49.7 Å². The number of nitrogens with zero attached hydrogens (tertiary/aromatic N) is 1. The Balaban J connectivity index is 1.53. The predicted molar refractivity (Wildman–Crippen MR) is 117 cm³/mol. The molecule has 1 aromatic heterocycles. The highest BCUT2D eigenvalue weighted by molar-refractivity contribution is 7.17. The van der Waals surface area contributed by atoms with Crippen molar-refractivity contribution in [1.82, 2.24) is 4.90 Å². The van der Waals surface area contributed by atoms with Gasteiger partial charge in [0, 0.05) is 30.1 Å². The number of amides is 1. The van der Waals surface area contributed by atoms with Crippen molar-refractivity contribution in [2.24, 2.45) is 0 Å². The average molecular weight is 429 g/mol. The van der Waals surface area contributed by atoms with Crippen molar-refractivity contribution in [1.29, 1.82) is 0 Å². The van der Waals surface area contributed by atoms with Crippen LogP contribution in [0.25, 0.3) is 0 Å². The summed E-state index contributed by atoms with van der Waals surface area (Å²) in [5.41, 5.74) is 3.30. The highest BCUT2D eigenvalue weighted by atomic mass is 32.1. The van der Waals surface area contributed by atoms with E-state index in [2.05, 4.69) is 10.2 Å². The van der Waals surface area contributed by atoms with Gasteiger partial charge in [-0.1, -0.05) is 12.1 Å². The zero-order valence-electron chi connectivity index (χ0n) is 17.4. The number of nitrogens with one attached hydrogen (secondary N) is 1. The minimum atomic E-state index is -0.340. The molecule has 0 radical (unpaired) electrons. The molecule has 7 heteroatoms. The number of hydrogen-bond acceptors (Lipinski definition) is 6. The second-order valence-electron chi connectivity index (χ2n) is 7.68. The number of carbonyl (C=O) groups excluding carboxylic acids is 2. The van der Waals surface area contributed by atoms with Gasteiger partial charge in [0.1, 0.15) is 5.00 Å². The number of aryl methyl sites for hydroxylation is 1. The zero-order valence-corrected chi connectivity index (χ0v) is 18.2. The van der Waals surface area contributed by atoms with Crippen LogP contribution in [-0.2, 0) is 28.9 Å². The minimum absolute atomic E-state index is 0.192. The largest absolute Gasteiger partial charge is 0.462 e. The van der Waals surface area contributed by atoms with Crippen molar-refractivity contribution in [2.45, 2.75) is 39.2 Å². The van der Waals surface area contributed by atoms with Gasteiger partial charge < -0.3 is 14.8 Å². The normalized spacial score (nSPS) is 16.7. The second-order valence-corrected chi connectivity index (χ2v) is 8.78. The zero-order chi connectivity index (χ0) is 20.9. The lowest BCUT2D eigenvalue weighted by molar-refractivity contribution is 0.0342. The summed E-state index contributed by atoms with van der Waals surface area (Å²) in [6, 6.07) is 7.70. The summed E-state index contributed by atoms with van der Waals surface area (Å²) in [4.78, 5) is 29.1. The standard InChI is InChI=1S/C23H28N2O4S/c1-2-29-23(27)20-18-8-3-4-9-19(18)30-22(20)24-21(26)17-7-5-6-16(14-17)15-25-10-12-28-13-11-25/h5-7,14H,2-4,8-13,15H2,1H3,(H,24,26). The Kier molecular flexibility index (Phi) is 6.82. The van der Waals surface area contributed by atoms with Crippen LogP contribution in [0.2, 0.25) is 0 Å². The molecule has 4 rings (SSSR count). The van der Waals surface area contributed by atoms with E-state index in [1.54, 1.807) is 6.92 Å². The number of esters is 1. The molecule has 2 aromatic rings. The fraction of sp³-hybridized carbons (Fsp3) is 0.478. The highest BCUT2D eigenvalue weighted by Gasteiger charge is 2.27. The first-order valence-electron chi connectivity index (χ1n) is 10.7. The summed E-state index contributed by atoms with van der Waals surface area (Å²) in [6.45, 7) is 6.22. The van der Waals surface area contributed by atoms with E-state index in [9.17, 15) is 9.59 Å². The molecule has 0 saturated carbocycles. The van der Waals surface area contributed by atoms with Crippen molar-refractivity contribution in [3.8, 4) is 0 Å². The first-order valence-corrected chi connectivity index (χ1v) is 11.5. The molecule has 0 unspecified atom stereocenters. The molecule has 1 N–H and O–H groups in total. The van der Waals surface area contributed by atoms with Gasteiger partial charge in [-0.3, -0.25) is 9.69 Å². The lowest BCUT2D eigenvalue weighted by Gasteiger charge is -2.26. The summed E-state index contributed by atoms with van der Waals surface area (Å²) < 4.78 is 10.7. The highest BCUT2D eigenvalue weighted by Crippen LogP contribution is 2.38. The molecule has 2 aliphatic rings. The Bertz CT molecular complexity index is 918. The Labute approximate surface area is 181 Å². The van der Waals surface area contributed by atoms with Crippen LogP contribution < -0.4 is 5.32 Å². The van der Waals surface area contributed by atoms with E-state index in [4.69, 9.17) is 9.47 Å². The summed E-state index contributed by atoms with van der Waals surface area (Å²) in [5.74, 6) is -0.531. The summed E-state index contributed by atoms with van der Waals surface area (Å²) in [7, 11) is 0. The Morgan fingerprint density at radius 2 is 2.00 bits per heavy atom. The first kappa shape index (κ1) is 21.0. The van der Waals surface area contributed by atoms with E-state index in [0.717, 1.165) is 69.7 Å². The van der Waals surface area contributed by atoms with Gasteiger partial charge in [-0.25, -0.2) is 4.79 Å². The molecule has 1 aromatic carbocycles. The van der Waals surface area contributed by atoms with E-state index in [1.165, 1.54) is 16.2 Å². The number of rotatable bonds is 6. The van der Waals surface area contributed by atoms with E-state index in [-0.39, 0.29) is 11.9 Å². The van der Waals surface area contributed by atoms with Crippen LogP contribution >= 0.6 is 11.3 Å². The van der Waals surface area contributed by atoms with Gasteiger partial charge in [-0.05, 0) is 55.9 Å². The van der Waals surface area contributed by atoms with Gasteiger partial charge in [-0.2, -0.15) is 0 Å². The Morgan fingerprint density at radius 1 is 1.20 bits per heavy atom. The van der Waals surface area contributed by atoms with Gasteiger partial charge in [-0.15, -0.1) is 11.3 Å². The quantitative estimate of drug-likeness (QED) is 0.707. The second kappa shape index (κ2) is 9.73. The number of hydrogen-bond donors (Lipinski definition) is 1. The maximum atomic E-state index is 13.0. The van der Waals surface area contributed by atoms with Gasteiger partial charge in [0.25, 0.3) is 5.91 Å². The van der Waals surface area contributed by atoms with Crippen LogP contribution in [0.15, 0.2) is 24.3 Å². The molecule has 2 heterocycles. The predicted octanol–water partition coefficient (Wildman–Crippen LogP) is 3.89. The third kappa shape index (κ3) is 4.74. The topological polar surface area (TPSA) is 67.9 Å². The summed E-state index contributed by atoms with van der Waals surface area (Å²) in [6.07, 6.45) is 4.00.